The smallest absolute Gasteiger partial charge is 0.184 e. The third-order valence-electron chi connectivity index (χ3n) is 5.66. The predicted octanol–water partition coefficient (Wildman–Crippen LogP) is 4.58. The molecule has 35 heavy (non-hydrogen) atoms. The SMILES string of the molecule is C1=N[NH+](c2ccccc2)N(c2ccccc2)N1.CCCCCCCCc1ccc(S(=O)(=O)[O-])cc1. The molecule has 0 saturated heterocycles. The molecule has 1 aliphatic heterocycles. The van der Waals surface area contributed by atoms with E-state index in [1.165, 1.54) is 44.2 Å². The first-order chi connectivity index (χ1) is 17.0. The summed E-state index contributed by atoms with van der Waals surface area (Å²) in [6.07, 6.45) is 10.1. The van der Waals surface area contributed by atoms with Gasteiger partial charge in [-0.05, 0) is 47.8 Å². The van der Waals surface area contributed by atoms with Crippen LogP contribution in [-0.2, 0) is 16.5 Å². The average molecular weight is 495 g/mol. The number of unbranched alkanes of at least 4 members (excludes halogenated alkanes) is 5. The lowest BCUT2D eigenvalue weighted by atomic mass is 10.1. The molecule has 8 heteroatoms. The van der Waals surface area contributed by atoms with Crippen molar-refractivity contribution < 1.29 is 18.1 Å². The summed E-state index contributed by atoms with van der Waals surface area (Å²) in [5.74, 6) is 0. The molecule has 0 amide bonds. The zero-order valence-corrected chi connectivity index (χ0v) is 21.0. The number of nitrogens with one attached hydrogen (secondary N) is 2. The molecule has 7 nitrogen and oxygen atoms in total. The van der Waals surface area contributed by atoms with Crippen LogP contribution >= 0.6 is 0 Å². The standard InChI is InChI=1S/C14H22O3S.C13H12N4/c1-2-3-4-5-6-7-8-13-9-11-14(12-10-13)18(15,16)17;1-3-7-12(8-4-1)16-14-11-15-17(16)13-9-5-2-6-10-13/h9-12H,2-8H2,1H3,(H,15,16,17);1-11H,(H,14,15). The molecule has 3 aromatic rings. The van der Waals surface area contributed by atoms with Gasteiger partial charge in [0.2, 0.25) is 0 Å². The third kappa shape index (κ3) is 8.51. The van der Waals surface area contributed by atoms with Crippen LogP contribution in [-0.4, -0.2) is 19.3 Å². The second kappa shape index (κ2) is 13.6. The van der Waals surface area contributed by atoms with E-state index in [0.29, 0.717) is 0 Å². The molecule has 1 atom stereocenters. The number of quaternary nitrogens is 1. The number of anilines is 1. The van der Waals surface area contributed by atoms with Crippen molar-refractivity contribution in [1.29, 1.82) is 0 Å². The molecule has 186 valence electrons. The lowest BCUT2D eigenvalue weighted by molar-refractivity contribution is -0.846. The zero-order valence-electron chi connectivity index (χ0n) is 20.1. The highest BCUT2D eigenvalue weighted by Crippen LogP contribution is 2.14. The zero-order chi connectivity index (χ0) is 24.9. The van der Waals surface area contributed by atoms with Gasteiger partial charge in [-0.2, -0.15) is 0 Å². The molecular formula is C27H34N4O3S. The van der Waals surface area contributed by atoms with Gasteiger partial charge in [-0.25, -0.2) is 13.8 Å². The summed E-state index contributed by atoms with van der Waals surface area (Å²) in [5, 5.41) is 7.25. The summed E-state index contributed by atoms with van der Waals surface area (Å²) < 4.78 is 32.2. The van der Waals surface area contributed by atoms with Gasteiger partial charge in [0.25, 0.3) is 0 Å². The summed E-state index contributed by atoms with van der Waals surface area (Å²) >= 11 is 0. The Hall–Kier alpha value is -3.20. The van der Waals surface area contributed by atoms with Crippen molar-refractivity contribution in [2.24, 2.45) is 5.10 Å². The summed E-state index contributed by atoms with van der Waals surface area (Å²) in [6.45, 7) is 2.20. The van der Waals surface area contributed by atoms with Crippen molar-refractivity contribution in [2.45, 2.75) is 56.8 Å². The molecular weight excluding hydrogens is 460 g/mol. The van der Waals surface area contributed by atoms with E-state index in [0.717, 1.165) is 34.9 Å². The van der Waals surface area contributed by atoms with Crippen LogP contribution in [0.1, 0.15) is 51.0 Å². The van der Waals surface area contributed by atoms with Crippen LogP contribution in [0.25, 0.3) is 0 Å². The Balaban J connectivity index is 0.000000196. The Morgan fingerprint density at radius 1 is 0.829 bits per heavy atom. The maximum absolute atomic E-state index is 10.7. The van der Waals surface area contributed by atoms with Crippen LogP contribution in [0, 0.1) is 0 Å². The van der Waals surface area contributed by atoms with Gasteiger partial charge < -0.3 is 4.55 Å². The number of hydrogen-bond donors (Lipinski definition) is 2. The Morgan fingerprint density at radius 2 is 1.43 bits per heavy atom. The number of para-hydroxylation sites is 1. The number of aryl methyl sites for hydroxylation is 1. The molecule has 0 aromatic heterocycles. The minimum Gasteiger partial charge on any atom is -0.744 e. The quantitative estimate of drug-likeness (QED) is 0.318. The molecule has 0 fully saturated rings. The van der Waals surface area contributed by atoms with Gasteiger partial charge in [0.15, 0.2) is 12.0 Å². The van der Waals surface area contributed by atoms with Crippen LogP contribution in [0.5, 0.6) is 0 Å². The normalized spacial score (nSPS) is 14.8. The summed E-state index contributed by atoms with van der Waals surface area (Å²) in [7, 11) is -4.31. The first kappa shape index (κ1) is 26.4. The van der Waals surface area contributed by atoms with E-state index in [2.05, 4.69) is 29.6 Å². The minimum atomic E-state index is -4.31. The molecule has 0 saturated carbocycles. The Bertz CT molecular complexity index is 1140. The average Bonchev–Trinajstić information content (AvgIpc) is 3.38. The first-order valence-corrected chi connectivity index (χ1v) is 13.5. The van der Waals surface area contributed by atoms with Crippen molar-refractivity contribution in [2.75, 3.05) is 5.12 Å². The fourth-order valence-corrected chi connectivity index (χ4v) is 4.23. The second-order valence-corrected chi connectivity index (χ2v) is 9.74. The largest absolute Gasteiger partial charge is 0.744 e. The molecule has 0 aliphatic carbocycles. The molecule has 4 rings (SSSR count). The predicted molar refractivity (Wildman–Crippen MR) is 139 cm³/mol. The lowest BCUT2D eigenvalue weighted by Crippen LogP contribution is -3.10. The van der Waals surface area contributed by atoms with Gasteiger partial charge in [0.05, 0.1) is 4.90 Å². The van der Waals surface area contributed by atoms with Crippen molar-refractivity contribution in [3.8, 4) is 0 Å². The van der Waals surface area contributed by atoms with Crippen LogP contribution in [0.3, 0.4) is 0 Å². The first-order valence-electron chi connectivity index (χ1n) is 12.1. The second-order valence-electron chi connectivity index (χ2n) is 8.36. The Labute approximate surface area is 208 Å². The molecule has 2 N–H and O–H groups in total. The highest BCUT2D eigenvalue weighted by atomic mass is 32.2. The number of benzene rings is 3. The maximum atomic E-state index is 10.7. The lowest BCUT2D eigenvalue weighted by Gasteiger charge is -2.20. The Kier molecular flexibility index (Phi) is 10.3. The van der Waals surface area contributed by atoms with E-state index in [9.17, 15) is 13.0 Å². The summed E-state index contributed by atoms with van der Waals surface area (Å²) in [5.41, 5.74) is 6.39. The van der Waals surface area contributed by atoms with Crippen LogP contribution in [0.15, 0.2) is 94.9 Å². The monoisotopic (exact) mass is 494 g/mol. The van der Waals surface area contributed by atoms with Crippen LogP contribution in [0.2, 0.25) is 0 Å². The van der Waals surface area contributed by atoms with E-state index in [4.69, 9.17) is 0 Å². The Morgan fingerprint density at radius 3 is 2.06 bits per heavy atom. The molecule has 0 radical (unpaired) electrons. The number of hydrazine groups is 1. The van der Waals surface area contributed by atoms with Gasteiger partial charge >= 0.3 is 0 Å². The third-order valence-corrected chi connectivity index (χ3v) is 6.51. The van der Waals surface area contributed by atoms with Gasteiger partial charge in [0.1, 0.15) is 15.8 Å². The molecule has 1 heterocycles. The number of hydrogen-bond acceptors (Lipinski definition) is 6. The topological polar surface area (TPSA) is 89.3 Å². The van der Waals surface area contributed by atoms with E-state index in [1.807, 2.05) is 53.6 Å². The fourth-order valence-electron chi connectivity index (χ4n) is 3.76. The highest BCUT2D eigenvalue weighted by molar-refractivity contribution is 7.85. The number of rotatable bonds is 10. The van der Waals surface area contributed by atoms with Crippen molar-refractivity contribution in [3.63, 3.8) is 0 Å². The minimum absolute atomic E-state index is 0.144. The molecule has 0 bridgehead atoms. The van der Waals surface area contributed by atoms with Crippen LogP contribution in [0.4, 0.5) is 11.4 Å². The van der Waals surface area contributed by atoms with Crippen molar-refractivity contribution in [3.05, 3.63) is 90.5 Å². The van der Waals surface area contributed by atoms with E-state index >= 15 is 0 Å². The van der Waals surface area contributed by atoms with Crippen LogP contribution < -0.4 is 15.7 Å². The van der Waals surface area contributed by atoms with Crippen molar-refractivity contribution in [1.82, 2.24) is 5.43 Å². The summed E-state index contributed by atoms with van der Waals surface area (Å²) in [4.78, 5) is -0.144. The number of nitrogens with zero attached hydrogens (tertiary/aromatic N) is 2. The molecule has 1 aliphatic rings. The summed E-state index contributed by atoms with van der Waals surface area (Å²) in [6, 6.07) is 26.5. The maximum Gasteiger partial charge on any atom is 0.184 e. The molecule has 1 unspecified atom stereocenters. The van der Waals surface area contributed by atoms with Gasteiger partial charge in [-0.1, -0.05) is 97.8 Å². The van der Waals surface area contributed by atoms with Gasteiger partial charge in [-0.3, -0.25) is 0 Å². The highest BCUT2D eigenvalue weighted by Gasteiger charge is 2.25. The van der Waals surface area contributed by atoms with Gasteiger partial charge in [-0.15, -0.1) is 0 Å². The van der Waals surface area contributed by atoms with Gasteiger partial charge in [0, 0.05) is 12.1 Å². The fraction of sp³-hybridized carbons (Fsp3) is 0.296. The van der Waals surface area contributed by atoms with E-state index in [-0.39, 0.29) is 4.90 Å². The van der Waals surface area contributed by atoms with Crippen molar-refractivity contribution >= 4 is 27.8 Å². The van der Waals surface area contributed by atoms with E-state index in [1.54, 1.807) is 18.5 Å². The molecule has 0 spiro atoms. The van der Waals surface area contributed by atoms with E-state index < -0.39 is 10.1 Å². The molecule has 3 aromatic carbocycles.